The van der Waals surface area contributed by atoms with Gasteiger partial charge >= 0.3 is 0 Å². The molecule has 1 saturated carbocycles. The second kappa shape index (κ2) is 7.68. The first-order valence-electron chi connectivity index (χ1n) is 8.24. The molecule has 0 aliphatic heterocycles. The highest BCUT2D eigenvalue weighted by Gasteiger charge is 2.19. The molecule has 20 heavy (non-hydrogen) atoms. The Balaban J connectivity index is 1.84. The van der Waals surface area contributed by atoms with Gasteiger partial charge in [-0.1, -0.05) is 25.5 Å². The van der Waals surface area contributed by atoms with Crippen molar-refractivity contribution in [3.63, 3.8) is 0 Å². The Bertz CT molecular complexity index is 377. The summed E-state index contributed by atoms with van der Waals surface area (Å²) in [7, 11) is 2.22. The van der Waals surface area contributed by atoms with Crippen LogP contribution in [0.5, 0.6) is 0 Å². The Morgan fingerprint density at radius 1 is 1.10 bits per heavy atom. The molecule has 0 saturated heterocycles. The fourth-order valence-electron chi connectivity index (χ4n) is 3.16. The topological polar surface area (TPSA) is 29.3 Å². The van der Waals surface area contributed by atoms with Crippen LogP contribution in [0.3, 0.4) is 0 Å². The maximum Gasteiger partial charge on any atom is 0.0363 e. The van der Waals surface area contributed by atoms with Crippen LogP contribution in [0.4, 0.5) is 5.69 Å². The zero-order valence-corrected chi connectivity index (χ0v) is 13.1. The van der Waals surface area contributed by atoms with Gasteiger partial charge in [0.1, 0.15) is 0 Å². The number of rotatable bonds is 6. The molecule has 1 aliphatic carbocycles. The van der Waals surface area contributed by atoms with Gasteiger partial charge < -0.3 is 10.6 Å². The van der Waals surface area contributed by atoms with Crippen molar-refractivity contribution in [3.05, 3.63) is 29.8 Å². The predicted molar refractivity (Wildman–Crippen MR) is 88.3 cm³/mol. The van der Waals surface area contributed by atoms with Gasteiger partial charge in [-0.15, -0.1) is 0 Å². The number of aryl methyl sites for hydroxylation is 1. The van der Waals surface area contributed by atoms with E-state index in [4.69, 9.17) is 5.73 Å². The van der Waals surface area contributed by atoms with Gasteiger partial charge in [0.25, 0.3) is 0 Å². The highest BCUT2D eigenvalue weighted by atomic mass is 15.1. The van der Waals surface area contributed by atoms with Gasteiger partial charge in [0.05, 0.1) is 0 Å². The smallest absolute Gasteiger partial charge is 0.0363 e. The molecule has 0 heterocycles. The lowest BCUT2D eigenvalue weighted by molar-refractivity contribution is 0.330. The quantitative estimate of drug-likeness (QED) is 0.850. The average molecular weight is 274 g/mol. The molecule has 0 radical (unpaired) electrons. The number of hydrogen-bond acceptors (Lipinski definition) is 2. The van der Waals surface area contributed by atoms with Crippen LogP contribution in [0.15, 0.2) is 24.3 Å². The summed E-state index contributed by atoms with van der Waals surface area (Å²) in [4.78, 5) is 2.41. The van der Waals surface area contributed by atoms with Crippen molar-refractivity contribution in [2.45, 2.75) is 57.9 Å². The van der Waals surface area contributed by atoms with E-state index in [0.717, 1.165) is 5.92 Å². The number of nitrogens with two attached hydrogens (primary N) is 1. The summed E-state index contributed by atoms with van der Waals surface area (Å²) in [5, 5.41) is 0. The zero-order chi connectivity index (χ0) is 14.4. The van der Waals surface area contributed by atoms with E-state index in [0.29, 0.717) is 6.04 Å². The van der Waals surface area contributed by atoms with Crippen LogP contribution in [0.2, 0.25) is 0 Å². The lowest BCUT2D eigenvalue weighted by Crippen LogP contribution is -2.32. The Labute approximate surface area is 124 Å². The summed E-state index contributed by atoms with van der Waals surface area (Å²) < 4.78 is 0. The normalized spacial score (nSPS) is 22.8. The van der Waals surface area contributed by atoms with E-state index >= 15 is 0 Å². The SMILES string of the molecule is CCCCc1ccc(N(C)CC2CCC(N)CC2)cc1. The first-order chi connectivity index (χ1) is 9.69. The largest absolute Gasteiger partial charge is 0.374 e. The maximum absolute atomic E-state index is 5.98. The second-order valence-electron chi connectivity index (χ2n) is 6.43. The number of anilines is 1. The molecule has 2 rings (SSSR count). The lowest BCUT2D eigenvalue weighted by Gasteiger charge is -2.30. The number of nitrogens with zero attached hydrogens (tertiary/aromatic N) is 1. The Kier molecular flexibility index (Phi) is 5.90. The van der Waals surface area contributed by atoms with E-state index in [1.54, 1.807) is 0 Å². The molecule has 2 nitrogen and oxygen atoms in total. The Morgan fingerprint density at radius 2 is 1.75 bits per heavy atom. The van der Waals surface area contributed by atoms with Crippen molar-refractivity contribution in [1.82, 2.24) is 0 Å². The lowest BCUT2D eigenvalue weighted by atomic mass is 9.86. The summed E-state index contributed by atoms with van der Waals surface area (Å²) in [6.07, 6.45) is 8.76. The molecule has 112 valence electrons. The summed E-state index contributed by atoms with van der Waals surface area (Å²) >= 11 is 0. The molecule has 1 aliphatic rings. The predicted octanol–water partition coefficient (Wildman–Crippen LogP) is 3.98. The molecule has 0 spiro atoms. The van der Waals surface area contributed by atoms with Gasteiger partial charge in [-0.3, -0.25) is 0 Å². The first kappa shape index (κ1) is 15.4. The van der Waals surface area contributed by atoms with Gasteiger partial charge in [0.15, 0.2) is 0 Å². The van der Waals surface area contributed by atoms with Crippen molar-refractivity contribution in [3.8, 4) is 0 Å². The monoisotopic (exact) mass is 274 g/mol. The second-order valence-corrected chi connectivity index (χ2v) is 6.43. The Hall–Kier alpha value is -1.02. The molecular formula is C18H30N2. The highest BCUT2D eigenvalue weighted by molar-refractivity contribution is 5.46. The summed E-state index contributed by atoms with van der Waals surface area (Å²) in [5.41, 5.74) is 8.79. The van der Waals surface area contributed by atoms with Crippen molar-refractivity contribution in [1.29, 1.82) is 0 Å². The van der Waals surface area contributed by atoms with E-state index < -0.39 is 0 Å². The molecule has 1 fully saturated rings. The minimum Gasteiger partial charge on any atom is -0.374 e. The minimum absolute atomic E-state index is 0.453. The van der Waals surface area contributed by atoms with Gasteiger partial charge in [0, 0.05) is 25.3 Å². The van der Waals surface area contributed by atoms with E-state index in [-0.39, 0.29) is 0 Å². The summed E-state index contributed by atoms with van der Waals surface area (Å²) in [5.74, 6) is 0.819. The standard InChI is InChI=1S/C18H30N2/c1-3-4-5-15-8-12-18(13-9-15)20(2)14-16-6-10-17(19)11-7-16/h8-9,12-13,16-17H,3-7,10-11,14,19H2,1-2H3. The molecular weight excluding hydrogens is 244 g/mol. The van der Waals surface area contributed by atoms with Gasteiger partial charge in [0.2, 0.25) is 0 Å². The van der Waals surface area contributed by atoms with Crippen LogP contribution in [-0.4, -0.2) is 19.6 Å². The molecule has 0 bridgehead atoms. The van der Waals surface area contributed by atoms with Gasteiger partial charge in [-0.05, 0) is 62.1 Å². The number of hydrogen-bond donors (Lipinski definition) is 1. The van der Waals surface area contributed by atoms with Crippen molar-refractivity contribution in [2.24, 2.45) is 11.7 Å². The van der Waals surface area contributed by atoms with Crippen LogP contribution < -0.4 is 10.6 Å². The van der Waals surface area contributed by atoms with Crippen LogP contribution in [-0.2, 0) is 6.42 Å². The van der Waals surface area contributed by atoms with E-state index in [1.807, 2.05) is 0 Å². The van der Waals surface area contributed by atoms with E-state index in [9.17, 15) is 0 Å². The van der Waals surface area contributed by atoms with Crippen molar-refractivity contribution >= 4 is 5.69 Å². The highest BCUT2D eigenvalue weighted by Crippen LogP contribution is 2.25. The third-order valence-electron chi connectivity index (χ3n) is 4.62. The third kappa shape index (κ3) is 4.52. The van der Waals surface area contributed by atoms with Crippen molar-refractivity contribution < 1.29 is 0 Å². The third-order valence-corrected chi connectivity index (χ3v) is 4.62. The Morgan fingerprint density at radius 3 is 2.35 bits per heavy atom. The number of unbranched alkanes of at least 4 members (excludes halogenated alkanes) is 1. The van der Waals surface area contributed by atoms with Gasteiger partial charge in [-0.25, -0.2) is 0 Å². The maximum atomic E-state index is 5.98. The fourth-order valence-corrected chi connectivity index (χ4v) is 3.16. The van der Waals surface area contributed by atoms with E-state index in [2.05, 4.69) is 43.1 Å². The molecule has 0 atom stereocenters. The summed E-state index contributed by atoms with van der Waals surface area (Å²) in [6, 6.07) is 9.59. The first-order valence-corrected chi connectivity index (χ1v) is 8.24. The average Bonchev–Trinajstić information content (AvgIpc) is 2.48. The van der Waals surface area contributed by atoms with Crippen LogP contribution in [0.1, 0.15) is 51.0 Å². The number of benzene rings is 1. The molecule has 2 N–H and O–H groups in total. The molecule has 1 aromatic carbocycles. The molecule has 0 aromatic heterocycles. The van der Waals surface area contributed by atoms with Crippen LogP contribution >= 0.6 is 0 Å². The molecule has 0 amide bonds. The van der Waals surface area contributed by atoms with Gasteiger partial charge in [-0.2, -0.15) is 0 Å². The summed E-state index contributed by atoms with van der Waals surface area (Å²) in [6.45, 7) is 3.42. The minimum atomic E-state index is 0.453. The van der Waals surface area contributed by atoms with Crippen molar-refractivity contribution in [2.75, 3.05) is 18.5 Å². The zero-order valence-electron chi connectivity index (χ0n) is 13.1. The fraction of sp³-hybridized carbons (Fsp3) is 0.667. The molecule has 2 heteroatoms. The van der Waals surface area contributed by atoms with Crippen LogP contribution in [0, 0.1) is 5.92 Å². The molecule has 0 unspecified atom stereocenters. The van der Waals surface area contributed by atoms with Crippen LogP contribution in [0.25, 0.3) is 0 Å². The molecule has 1 aromatic rings. The van der Waals surface area contributed by atoms with E-state index in [1.165, 1.54) is 62.7 Å².